The number of piperidine rings is 1. The SMILES string of the molecule is O[C@H](c1cc2ccccc2o1)[C@@H]1CCCNC1. The fraction of sp³-hybridized carbons (Fsp3) is 0.429. The normalized spacial score (nSPS) is 22.8. The van der Waals surface area contributed by atoms with Crippen LogP contribution in [0.25, 0.3) is 11.0 Å². The van der Waals surface area contributed by atoms with E-state index in [1.165, 1.54) is 0 Å². The highest BCUT2D eigenvalue weighted by molar-refractivity contribution is 5.77. The molecule has 2 atom stereocenters. The summed E-state index contributed by atoms with van der Waals surface area (Å²) in [5.74, 6) is 0.962. The average Bonchev–Trinajstić information content (AvgIpc) is 2.82. The number of rotatable bonds is 2. The predicted octanol–water partition coefficient (Wildman–Crippen LogP) is 2.47. The molecule has 1 aromatic carbocycles. The van der Waals surface area contributed by atoms with Crippen molar-refractivity contribution in [1.29, 1.82) is 0 Å². The summed E-state index contributed by atoms with van der Waals surface area (Å²) >= 11 is 0. The van der Waals surface area contributed by atoms with Crippen molar-refractivity contribution < 1.29 is 9.52 Å². The molecule has 0 spiro atoms. The Morgan fingerprint density at radius 1 is 1.35 bits per heavy atom. The lowest BCUT2D eigenvalue weighted by molar-refractivity contribution is 0.0735. The smallest absolute Gasteiger partial charge is 0.134 e. The summed E-state index contributed by atoms with van der Waals surface area (Å²) in [4.78, 5) is 0. The van der Waals surface area contributed by atoms with E-state index in [1.807, 2.05) is 30.3 Å². The van der Waals surface area contributed by atoms with Crippen molar-refractivity contribution in [2.24, 2.45) is 5.92 Å². The van der Waals surface area contributed by atoms with Gasteiger partial charge in [-0.2, -0.15) is 0 Å². The molecule has 2 N–H and O–H groups in total. The zero-order valence-electron chi connectivity index (χ0n) is 9.73. The molecule has 1 aromatic heterocycles. The second kappa shape index (κ2) is 4.51. The highest BCUT2D eigenvalue weighted by Gasteiger charge is 2.25. The summed E-state index contributed by atoms with van der Waals surface area (Å²) in [6.45, 7) is 1.93. The van der Waals surface area contributed by atoms with Gasteiger partial charge in [-0.1, -0.05) is 18.2 Å². The lowest BCUT2D eigenvalue weighted by Gasteiger charge is -2.25. The van der Waals surface area contributed by atoms with Gasteiger partial charge < -0.3 is 14.8 Å². The Labute approximate surface area is 100 Å². The standard InChI is InChI=1S/C14H17NO2/c16-14(11-5-3-7-15-9-11)13-8-10-4-1-2-6-12(10)17-13/h1-2,4,6,8,11,14-16H,3,5,7,9H2/t11-,14+/m1/s1. The van der Waals surface area contributed by atoms with E-state index in [0.29, 0.717) is 5.76 Å². The predicted molar refractivity (Wildman–Crippen MR) is 66.8 cm³/mol. The molecule has 0 saturated carbocycles. The van der Waals surface area contributed by atoms with Crippen LogP contribution in [0.3, 0.4) is 0 Å². The minimum atomic E-state index is -0.491. The van der Waals surface area contributed by atoms with Gasteiger partial charge in [-0.3, -0.25) is 0 Å². The monoisotopic (exact) mass is 231 g/mol. The van der Waals surface area contributed by atoms with Gasteiger partial charge in [0.25, 0.3) is 0 Å². The topological polar surface area (TPSA) is 45.4 Å². The number of nitrogens with one attached hydrogen (secondary N) is 1. The van der Waals surface area contributed by atoms with Crippen molar-refractivity contribution in [2.45, 2.75) is 18.9 Å². The van der Waals surface area contributed by atoms with Crippen molar-refractivity contribution in [3.8, 4) is 0 Å². The van der Waals surface area contributed by atoms with E-state index in [1.54, 1.807) is 0 Å². The molecule has 2 heterocycles. The second-order valence-corrected chi connectivity index (χ2v) is 4.74. The van der Waals surface area contributed by atoms with E-state index < -0.39 is 6.10 Å². The third kappa shape index (κ3) is 2.08. The van der Waals surface area contributed by atoms with Crippen LogP contribution in [-0.2, 0) is 0 Å². The van der Waals surface area contributed by atoms with Crippen molar-refractivity contribution in [1.82, 2.24) is 5.32 Å². The van der Waals surface area contributed by atoms with Crippen LogP contribution in [0.15, 0.2) is 34.7 Å². The zero-order valence-corrected chi connectivity index (χ0v) is 9.73. The fourth-order valence-electron chi connectivity index (χ4n) is 2.53. The Morgan fingerprint density at radius 2 is 2.24 bits per heavy atom. The van der Waals surface area contributed by atoms with Crippen molar-refractivity contribution in [2.75, 3.05) is 13.1 Å². The first-order valence-electron chi connectivity index (χ1n) is 6.22. The molecule has 3 nitrogen and oxygen atoms in total. The van der Waals surface area contributed by atoms with Gasteiger partial charge >= 0.3 is 0 Å². The van der Waals surface area contributed by atoms with Gasteiger partial charge in [-0.25, -0.2) is 0 Å². The molecule has 0 amide bonds. The molecule has 1 aliphatic heterocycles. The van der Waals surface area contributed by atoms with Crippen LogP contribution in [0.2, 0.25) is 0 Å². The van der Waals surface area contributed by atoms with Gasteiger partial charge in [0.1, 0.15) is 17.4 Å². The molecule has 3 rings (SSSR count). The molecule has 1 aliphatic rings. The molecule has 17 heavy (non-hydrogen) atoms. The number of benzene rings is 1. The summed E-state index contributed by atoms with van der Waals surface area (Å²) in [5, 5.41) is 14.7. The molecule has 0 unspecified atom stereocenters. The van der Waals surface area contributed by atoms with Crippen LogP contribution in [0.4, 0.5) is 0 Å². The second-order valence-electron chi connectivity index (χ2n) is 4.74. The van der Waals surface area contributed by atoms with Gasteiger partial charge in [0.15, 0.2) is 0 Å². The summed E-state index contributed by atoms with van der Waals surface area (Å²) in [6, 6.07) is 9.83. The average molecular weight is 231 g/mol. The number of fused-ring (bicyclic) bond motifs is 1. The van der Waals surface area contributed by atoms with E-state index in [9.17, 15) is 5.11 Å². The maximum atomic E-state index is 10.3. The van der Waals surface area contributed by atoms with Crippen LogP contribution in [-0.4, -0.2) is 18.2 Å². The first-order chi connectivity index (χ1) is 8.34. The third-order valence-corrected chi connectivity index (χ3v) is 3.52. The van der Waals surface area contributed by atoms with Crippen LogP contribution >= 0.6 is 0 Å². The van der Waals surface area contributed by atoms with Crippen LogP contribution in [0.1, 0.15) is 24.7 Å². The largest absolute Gasteiger partial charge is 0.458 e. The van der Waals surface area contributed by atoms with Gasteiger partial charge in [0.05, 0.1) is 0 Å². The van der Waals surface area contributed by atoms with Crippen LogP contribution in [0, 0.1) is 5.92 Å². The number of hydrogen-bond donors (Lipinski definition) is 2. The minimum absolute atomic E-state index is 0.268. The number of aliphatic hydroxyl groups excluding tert-OH is 1. The Bertz CT molecular complexity index is 467. The molecule has 0 bridgehead atoms. The lowest BCUT2D eigenvalue weighted by atomic mass is 9.92. The molecule has 3 heteroatoms. The molecular weight excluding hydrogens is 214 g/mol. The zero-order chi connectivity index (χ0) is 11.7. The molecule has 0 radical (unpaired) electrons. The summed E-state index contributed by atoms with van der Waals surface area (Å²) in [5.41, 5.74) is 0.852. The maximum absolute atomic E-state index is 10.3. The van der Waals surface area contributed by atoms with E-state index in [2.05, 4.69) is 5.32 Å². The Morgan fingerprint density at radius 3 is 3.00 bits per heavy atom. The summed E-state index contributed by atoms with van der Waals surface area (Å²) in [6.07, 6.45) is 1.70. The van der Waals surface area contributed by atoms with E-state index in [4.69, 9.17) is 4.42 Å². The molecule has 1 fully saturated rings. The molecule has 0 aliphatic carbocycles. The number of hydrogen-bond acceptors (Lipinski definition) is 3. The third-order valence-electron chi connectivity index (χ3n) is 3.52. The van der Waals surface area contributed by atoms with Crippen LogP contribution in [0.5, 0.6) is 0 Å². The van der Waals surface area contributed by atoms with E-state index in [-0.39, 0.29) is 5.92 Å². The lowest BCUT2D eigenvalue weighted by Crippen LogP contribution is -2.33. The number of aliphatic hydroxyl groups is 1. The molecule has 90 valence electrons. The molecule has 1 saturated heterocycles. The van der Waals surface area contributed by atoms with Gasteiger partial charge in [0, 0.05) is 17.8 Å². The highest BCUT2D eigenvalue weighted by Crippen LogP contribution is 2.31. The van der Waals surface area contributed by atoms with Gasteiger partial charge in [0.2, 0.25) is 0 Å². The number of furan rings is 1. The molecular formula is C14H17NO2. The first-order valence-corrected chi connectivity index (χ1v) is 6.22. The first kappa shape index (κ1) is 10.8. The maximum Gasteiger partial charge on any atom is 0.134 e. The minimum Gasteiger partial charge on any atom is -0.458 e. The highest BCUT2D eigenvalue weighted by atomic mass is 16.4. The van der Waals surface area contributed by atoms with Crippen molar-refractivity contribution in [3.63, 3.8) is 0 Å². The molecule has 2 aromatic rings. The van der Waals surface area contributed by atoms with Crippen molar-refractivity contribution >= 4 is 11.0 Å². The quantitative estimate of drug-likeness (QED) is 0.834. The number of para-hydroxylation sites is 1. The van der Waals surface area contributed by atoms with Gasteiger partial charge in [-0.15, -0.1) is 0 Å². The summed E-state index contributed by atoms with van der Waals surface area (Å²) in [7, 11) is 0. The fourth-order valence-corrected chi connectivity index (χ4v) is 2.53. The Hall–Kier alpha value is -1.32. The Kier molecular flexibility index (Phi) is 2.87. The van der Waals surface area contributed by atoms with Crippen molar-refractivity contribution in [3.05, 3.63) is 36.1 Å². The summed E-state index contributed by atoms with van der Waals surface area (Å²) < 4.78 is 5.71. The van der Waals surface area contributed by atoms with E-state index >= 15 is 0 Å². The van der Waals surface area contributed by atoms with Gasteiger partial charge in [-0.05, 0) is 31.5 Å². The Balaban J connectivity index is 1.86. The van der Waals surface area contributed by atoms with Crippen LogP contribution < -0.4 is 5.32 Å². The van der Waals surface area contributed by atoms with E-state index in [0.717, 1.165) is 36.9 Å².